The number of carbonyl (C=O) groups is 1. The molecule has 1 saturated heterocycles. The summed E-state index contributed by atoms with van der Waals surface area (Å²) in [7, 11) is 0. The highest BCUT2D eigenvalue weighted by Gasteiger charge is 2.28. The molecule has 2 N–H and O–H groups in total. The Bertz CT molecular complexity index is 282. The van der Waals surface area contributed by atoms with Crippen LogP contribution in [0.1, 0.15) is 58.8 Å². The lowest BCUT2D eigenvalue weighted by atomic mass is 9.90. The van der Waals surface area contributed by atoms with Crippen molar-refractivity contribution in [3.63, 3.8) is 0 Å². The maximum atomic E-state index is 11.0. The Labute approximate surface area is 116 Å². The lowest BCUT2D eigenvalue weighted by Gasteiger charge is -2.34. The van der Waals surface area contributed by atoms with Crippen molar-refractivity contribution in [1.29, 1.82) is 0 Å². The minimum absolute atomic E-state index is 0.0993. The van der Waals surface area contributed by atoms with Crippen molar-refractivity contribution in [3.05, 3.63) is 0 Å². The Morgan fingerprint density at radius 1 is 1.21 bits per heavy atom. The lowest BCUT2D eigenvalue weighted by molar-refractivity contribution is -0.119. The van der Waals surface area contributed by atoms with Crippen molar-refractivity contribution >= 4 is 5.91 Å². The summed E-state index contributed by atoms with van der Waals surface area (Å²) >= 11 is 0. The number of ether oxygens (including phenoxy) is 1. The van der Waals surface area contributed by atoms with Gasteiger partial charge in [-0.15, -0.1) is 0 Å². The molecule has 2 aliphatic rings. The van der Waals surface area contributed by atoms with Crippen molar-refractivity contribution in [2.75, 3.05) is 6.61 Å². The Hall–Kier alpha value is -0.610. The van der Waals surface area contributed by atoms with Gasteiger partial charge in [-0.1, -0.05) is 6.92 Å². The summed E-state index contributed by atoms with van der Waals surface area (Å²) in [4.78, 5) is 11.0. The second kappa shape index (κ2) is 7.25. The van der Waals surface area contributed by atoms with Crippen molar-refractivity contribution < 1.29 is 9.53 Å². The van der Waals surface area contributed by atoms with E-state index in [1.807, 2.05) is 0 Å². The number of amides is 1. The molecule has 1 aliphatic heterocycles. The molecular weight excluding hydrogens is 240 g/mol. The van der Waals surface area contributed by atoms with Crippen LogP contribution in [0.15, 0.2) is 0 Å². The molecule has 1 saturated carbocycles. The average Bonchev–Trinajstić information content (AvgIpc) is 2.91. The zero-order valence-corrected chi connectivity index (χ0v) is 12.3. The molecule has 110 valence electrons. The SMILES string of the molecule is CC[C@H](NC1CCC(NC(C)=O)CC1)[C@@H]1CCCO1. The first-order chi connectivity index (χ1) is 9.19. The number of hydrogen-bond donors (Lipinski definition) is 2. The molecule has 0 unspecified atom stereocenters. The van der Waals surface area contributed by atoms with Crippen LogP contribution >= 0.6 is 0 Å². The second-order valence-electron chi connectivity index (χ2n) is 5.98. The molecule has 0 aromatic heterocycles. The van der Waals surface area contributed by atoms with E-state index >= 15 is 0 Å². The number of hydrogen-bond acceptors (Lipinski definition) is 3. The first kappa shape index (κ1) is 14.8. The van der Waals surface area contributed by atoms with Gasteiger partial charge in [0.2, 0.25) is 5.91 Å². The first-order valence-corrected chi connectivity index (χ1v) is 7.83. The smallest absolute Gasteiger partial charge is 0.217 e. The van der Waals surface area contributed by atoms with Crippen molar-refractivity contribution in [2.45, 2.75) is 83.0 Å². The van der Waals surface area contributed by atoms with E-state index in [4.69, 9.17) is 4.74 Å². The summed E-state index contributed by atoms with van der Waals surface area (Å²) < 4.78 is 5.80. The summed E-state index contributed by atoms with van der Waals surface area (Å²) in [5.41, 5.74) is 0. The van der Waals surface area contributed by atoms with E-state index in [2.05, 4.69) is 17.6 Å². The summed E-state index contributed by atoms with van der Waals surface area (Å²) in [5.74, 6) is 0.0993. The molecule has 2 rings (SSSR count). The van der Waals surface area contributed by atoms with Gasteiger partial charge in [0.1, 0.15) is 0 Å². The number of nitrogens with one attached hydrogen (secondary N) is 2. The third-order valence-electron chi connectivity index (χ3n) is 4.44. The largest absolute Gasteiger partial charge is 0.377 e. The Morgan fingerprint density at radius 3 is 2.42 bits per heavy atom. The fourth-order valence-electron chi connectivity index (χ4n) is 3.40. The highest BCUT2D eigenvalue weighted by atomic mass is 16.5. The Morgan fingerprint density at radius 2 is 1.89 bits per heavy atom. The molecule has 19 heavy (non-hydrogen) atoms. The van der Waals surface area contributed by atoms with Crippen LogP contribution in [0.3, 0.4) is 0 Å². The lowest BCUT2D eigenvalue weighted by Crippen LogP contribution is -2.48. The molecule has 0 radical (unpaired) electrons. The van der Waals surface area contributed by atoms with Crippen molar-refractivity contribution in [1.82, 2.24) is 10.6 Å². The Kier molecular flexibility index (Phi) is 5.64. The zero-order valence-electron chi connectivity index (χ0n) is 12.3. The van der Waals surface area contributed by atoms with Crippen LogP contribution in [0.25, 0.3) is 0 Å². The highest BCUT2D eigenvalue weighted by Crippen LogP contribution is 2.23. The average molecular weight is 268 g/mol. The van der Waals surface area contributed by atoms with Gasteiger partial charge < -0.3 is 15.4 Å². The van der Waals surface area contributed by atoms with E-state index in [1.54, 1.807) is 6.92 Å². The fraction of sp³-hybridized carbons (Fsp3) is 0.933. The minimum Gasteiger partial charge on any atom is -0.377 e. The first-order valence-electron chi connectivity index (χ1n) is 7.83. The Balaban J connectivity index is 1.73. The second-order valence-corrected chi connectivity index (χ2v) is 5.98. The van der Waals surface area contributed by atoms with Gasteiger partial charge in [-0.2, -0.15) is 0 Å². The third-order valence-corrected chi connectivity index (χ3v) is 4.44. The van der Waals surface area contributed by atoms with Crippen LogP contribution in [0.5, 0.6) is 0 Å². The predicted molar refractivity (Wildman–Crippen MR) is 76.0 cm³/mol. The third kappa shape index (κ3) is 4.46. The minimum atomic E-state index is 0.0993. The number of carbonyl (C=O) groups excluding carboxylic acids is 1. The molecule has 0 aromatic carbocycles. The van der Waals surface area contributed by atoms with Crippen molar-refractivity contribution in [2.24, 2.45) is 0 Å². The van der Waals surface area contributed by atoms with Gasteiger partial charge in [-0.3, -0.25) is 4.79 Å². The van der Waals surface area contributed by atoms with Gasteiger partial charge in [-0.05, 0) is 44.9 Å². The van der Waals surface area contributed by atoms with E-state index in [9.17, 15) is 4.79 Å². The molecule has 0 bridgehead atoms. The molecule has 1 heterocycles. The van der Waals surface area contributed by atoms with Gasteiger partial charge in [0.25, 0.3) is 0 Å². The zero-order chi connectivity index (χ0) is 13.7. The highest BCUT2D eigenvalue weighted by molar-refractivity contribution is 5.73. The molecule has 4 heteroatoms. The molecular formula is C15H28N2O2. The van der Waals surface area contributed by atoms with E-state index in [0.717, 1.165) is 38.7 Å². The van der Waals surface area contributed by atoms with Crippen LogP contribution in [0, 0.1) is 0 Å². The maximum absolute atomic E-state index is 11.0. The van der Waals surface area contributed by atoms with Crippen LogP contribution in [0.4, 0.5) is 0 Å². The topological polar surface area (TPSA) is 50.4 Å². The fourth-order valence-corrected chi connectivity index (χ4v) is 3.40. The van der Waals surface area contributed by atoms with E-state index in [0.29, 0.717) is 24.2 Å². The van der Waals surface area contributed by atoms with Crippen LogP contribution < -0.4 is 10.6 Å². The van der Waals surface area contributed by atoms with Crippen LogP contribution in [-0.2, 0) is 9.53 Å². The van der Waals surface area contributed by atoms with E-state index in [1.165, 1.54) is 12.8 Å². The maximum Gasteiger partial charge on any atom is 0.217 e. The predicted octanol–water partition coefficient (Wildman–Crippen LogP) is 1.98. The van der Waals surface area contributed by atoms with Gasteiger partial charge >= 0.3 is 0 Å². The van der Waals surface area contributed by atoms with E-state index < -0.39 is 0 Å². The summed E-state index contributed by atoms with van der Waals surface area (Å²) in [5, 5.41) is 6.82. The summed E-state index contributed by atoms with van der Waals surface area (Å²) in [6, 6.07) is 1.49. The quantitative estimate of drug-likeness (QED) is 0.801. The summed E-state index contributed by atoms with van der Waals surface area (Å²) in [6.45, 7) is 4.77. The van der Waals surface area contributed by atoms with Gasteiger partial charge in [0.15, 0.2) is 0 Å². The van der Waals surface area contributed by atoms with Gasteiger partial charge in [0, 0.05) is 31.7 Å². The monoisotopic (exact) mass is 268 g/mol. The van der Waals surface area contributed by atoms with Crippen LogP contribution in [-0.4, -0.2) is 36.7 Å². The molecule has 4 nitrogen and oxygen atoms in total. The number of rotatable bonds is 5. The van der Waals surface area contributed by atoms with Crippen molar-refractivity contribution in [3.8, 4) is 0 Å². The van der Waals surface area contributed by atoms with E-state index in [-0.39, 0.29) is 5.91 Å². The van der Waals surface area contributed by atoms with Gasteiger partial charge in [-0.25, -0.2) is 0 Å². The van der Waals surface area contributed by atoms with Crippen LogP contribution in [0.2, 0.25) is 0 Å². The summed E-state index contributed by atoms with van der Waals surface area (Å²) in [6.07, 6.45) is 8.47. The molecule has 2 fully saturated rings. The van der Waals surface area contributed by atoms with Gasteiger partial charge in [0.05, 0.1) is 6.10 Å². The molecule has 1 amide bonds. The molecule has 0 spiro atoms. The molecule has 0 aromatic rings. The normalized spacial score (nSPS) is 33.1. The molecule has 2 atom stereocenters. The molecule has 1 aliphatic carbocycles. The standard InChI is InChI=1S/C15H28N2O2/c1-3-14(15-5-4-10-19-15)17-13-8-6-12(7-9-13)16-11(2)18/h12-15,17H,3-10H2,1-2H3,(H,16,18)/t12?,13?,14-,15-/m0/s1.